The summed E-state index contributed by atoms with van der Waals surface area (Å²) in [6.45, 7) is 3.65. The quantitative estimate of drug-likeness (QED) is 0.261. The Morgan fingerprint density at radius 2 is 1.72 bits per heavy atom. The standard InChI is InChI=1S/C33H35N5O4S/c1-41-27-19-24(21-34-22-27)23-7-12-31-29(20-23)32-30(36-25-8-10-26(11-9-25)37-15-17-42-18-16-37)13-14-35-33(32)38(31)43(39,40)28-5-3-2-4-6-28/h2-7,12-14,19-22,25-26H,8-11,15-18H2,1H3,(H,35,36). The minimum absolute atomic E-state index is 0.219. The number of hydrogen-bond acceptors (Lipinski definition) is 8. The van der Waals surface area contributed by atoms with Crippen molar-refractivity contribution in [1.82, 2.24) is 18.8 Å². The molecule has 0 unspecified atom stereocenters. The molecule has 10 heteroatoms. The second-order valence-corrected chi connectivity index (χ2v) is 13.1. The Balaban J connectivity index is 1.32. The first kappa shape index (κ1) is 27.8. The molecule has 1 aliphatic heterocycles. The van der Waals surface area contributed by atoms with Crippen molar-refractivity contribution in [3.8, 4) is 16.9 Å². The molecule has 7 rings (SSSR count). The highest BCUT2D eigenvalue weighted by Gasteiger charge is 2.29. The molecule has 3 aromatic heterocycles. The normalized spacial score (nSPS) is 19.9. The van der Waals surface area contributed by atoms with Crippen LogP contribution in [0.2, 0.25) is 0 Å². The molecule has 222 valence electrons. The monoisotopic (exact) mass is 597 g/mol. The van der Waals surface area contributed by atoms with Gasteiger partial charge in [0.05, 0.1) is 42.3 Å². The lowest BCUT2D eigenvalue weighted by Crippen LogP contribution is -2.46. The van der Waals surface area contributed by atoms with Crippen molar-refractivity contribution in [2.45, 2.75) is 42.7 Å². The first-order valence-corrected chi connectivity index (χ1v) is 16.3. The largest absolute Gasteiger partial charge is 0.495 e. The number of morpholine rings is 1. The highest BCUT2D eigenvalue weighted by Crippen LogP contribution is 2.39. The van der Waals surface area contributed by atoms with Crippen LogP contribution in [0, 0.1) is 0 Å². The molecule has 0 radical (unpaired) electrons. The molecular weight excluding hydrogens is 562 g/mol. The molecule has 1 aliphatic carbocycles. The maximum atomic E-state index is 14.1. The Bertz CT molecular complexity index is 1860. The molecule has 9 nitrogen and oxygen atoms in total. The van der Waals surface area contributed by atoms with E-state index in [0.29, 0.717) is 23.0 Å². The average Bonchev–Trinajstić information content (AvgIpc) is 3.41. The van der Waals surface area contributed by atoms with E-state index in [-0.39, 0.29) is 10.9 Å². The molecule has 0 atom stereocenters. The van der Waals surface area contributed by atoms with E-state index in [1.807, 2.05) is 36.4 Å². The molecule has 0 amide bonds. The van der Waals surface area contributed by atoms with Gasteiger partial charge in [0.2, 0.25) is 0 Å². The maximum absolute atomic E-state index is 14.1. The van der Waals surface area contributed by atoms with Gasteiger partial charge in [0, 0.05) is 54.2 Å². The third-order valence-corrected chi connectivity index (χ3v) is 10.5. The first-order valence-electron chi connectivity index (χ1n) is 14.8. The minimum Gasteiger partial charge on any atom is -0.495 e. The number of anilines is 1. The van der Waals surface area contributed by atoms with Gasteiger partial charge in [0.25, 0.3) is 10.0 Å². The molecule has 5 aromatic rings. The van der Waals surface area contributed by atoms with Crippen LogP contribution in [0.4, 0.5) is 5.69 Å². The van der Waals surface area contributed by atoms with Gasteiger partial charge >= 0.3 is 0 Å². The number of aromatic nitrogens is 3. The molecule has 1 saturated carbocycles. The Morgan fingerprint density at radius 1 is 0.930 bits per heavy atom. The highest BCUT2D eigenvalue weighted by atomic mass is 32.2. The number of pyridine rings is 2. The summed E-state index contributed by atoms with van der Waals surface area (Å²) in [6.07, 6.45) is 9.51. The van der Waals surface area contributed by atoms with E-state index in [1.165, 1.54) is 3.97 Å². The lowest BCUT2D eigenvalue weighted by atomic mass is 9.89. The zero-order valence-corrected chi connectivity index (χ0v) is 25.0. The fourth-order valence-electron chi connectivity index (χ4n) is 6.57. The van der Waals surface area contributed by atoms with E-state index < -0.39 is 10.0 Å². The van der Waals surface area contributed by atoms with Gasteiger partial charge in [-0.15, -0.1) is 0 Å². The van der Waals surface area contributed by atoms with Crippen LogP contribution in [0.25, 0.3) is 33.1 Å². The zero-order valence-electron chi connectivity index (χ0n) is 24.1. The number of ether oxygens (including phenoxy) is 2. The Morgan fingerprint density at radius 3 is 2.49 bits per heavy atom. The lowest BCUT2D eigenvalue weighted by molar-refractivity contribution is 0.00791. The second kappa shape index (κ2) is 11.6. The van der Waals surface area contributed by atoms with Crippen LogP contribution in [0.1, 0.15) is 25.7 Å². The van der Waals surface area contributed by atoms with E-state index >= 15 is 0 Å². The summed E-state index contributed by atoms with van der Waals surface area (Å²) >= 11 is 0. The Kier molecular flexibility index (Phi) is 7.50. The summed E-state index contributed by atoms with van der Waals surface area (Å²) in [4.78, 5) is 11.8. The number of hydrogen-bond donors (Lipinski definition) is 1. The van der Waals surface area contributed by atoms with Crippen molar-refractivity contribution in [3.63, 3.8) is 0 Å². The Labute approximate surface area is 251 Å². The molecule has 0 spiro atoms. The van der Waals surface area contributed by atoms with Crippen molar-refractivity contribution in [2.75, 3.05) is 38.7 Å². The summed E-state index contributed by atoms with van der Waals surface area (Å²) in [5, 5.41) is 5.41. The van der Waals surface area contributed by atoms with Crippen molar-refractivity contribution in [1.29, 1.82) is 0 Å². The SMILES string of the molecule is COc1cncc(-c2ccc3c(c2)c2c(NC4CCC(N5CCOCC5)CC4)ccnc2n3S(=O)(=O)c2ccccc2)c1. The zero-order chi connectivity index (χ0) is 29.4. The third-order valence-electron chi connectivity index (χ3n) is 8.79. The predicted octanol–water partition coefficient (Wildman–Crippen LogP) is 5.55. The van der Waals surface area contributed by atoms with Gasteiger partial charge in [-0.3, -0.25) is 9.88 Å². The molecule has 1 saturated heterocycles. The maximum Gasteiger partial charge on any atom is 0.269 e. The van der Waals surface area contributed by atoms with Gasteiger partial charge in [-0.25, -0.2) is 17.4 Å². The van der Waals surface area contributed by atoms with Gasteiger partial charge in [0.1, 0.15) is 5.75 Å². The van der Waals surface area contributed by atoms with E-state index in [2.05, 4.69) is 20.2 Å². The van der Waals surface area contributed by atoms with E-state index in [0.717, 1.165) is 79.6 Å². The number of benzene rings is 2. The Hall–Kier alpha value is -3.99. The second-order valence-electron chi connectivity index (χ2n) is 11.3. The molecular formula is C33H35N5O4S. The number of nitrogens with one attached hydrogen (secondary N) is 1. The predicted molar refractivity (Wildman–Crippen MR) is 168 cm³/mol. The lowest BCUT2D eigenvalue weighted by Gasteiger charge is -2.39. The van der Waals surface area contributed by atoms with E-state index in [4.69, 9.17) is 9.47 Å². The fourth-order valence-corrected chi connectivity index (χ4v) is 8.07. The van der Waals surface area contributed by atoms with Crippen LogP contribution in [0.3, 0.4) is 0 Å². The van der Waals surface area contributed by atoms with Crippen molar-refractivity contribution in [2.24, 2.45) is 0 Å². The number of nitrogens with zero attached hydrogens (tertiary/aromatic N) is 4. The van der Waals surface area contributed by atoms with Crippen LogP contribution in [0.5, 0.6) is 5.75 Å². The topological polar surface area (TPSA) is 98.6 Å². The number of rotatable bonds is 7. The third kappa shape index (κ3) is 5.24. The fraction of sp³-hybridized carbons (Fsp3) is 0.333. The summed E-state index contributed by atoms with van der Waals surface area (Å²) in [5.41, 5.74) is 3.68. The van der Waals surface area contributed by atoms with Gasteiger partial charge in [-0.1, -0.05) is 24.3 Å². The van der Waals surface area contributed by atoms with E-state index in [1.54, 1.807) is 50.0 Å². The summed E-state index contributed by atoms with van der Waals surface area (Å²) < 4.78 is 40.6. The number of fused-ring (bicyclic) bond motifs is 3. The summed E-state index contributed by atoms with van der Waals surface area (Å²) in [6, 6.07) is 19.1. The smallest absolute Gasteiger partial charge is 0.269 e. The van der Waals surface area contributed by atoms with Crippen LogP contribution in [0.15, 0.2) is 84.1 Å². The summed E-state index contributed by atoms with van der Waals surface area (Å²) in [5.74, 6) is 0.656. The van der Waals surface area contributed by atoms with Crippen molar-refractivity contribution >= 4 is 37.6 Å². The molecule has 0 bridgehead atoms. The van der Waals surface area contributed by atoms with Gasteiger partial charge in [-0.2, -0.15) is 0 Å². The number of methoxy groups -OCH3 is 1. The van der Waals surface area contributed by atoms with Gasteiger partial charge in [0.15, 0.2) is 5.65 Å². The molecule has 2 aliphatic rings. The molecule has 43 heavy (non-hydrogen) atoms. The average molecular weight is 598 g/mol. The van der Waals surface area contributed by atoms with Crippen LogP contribution in [-0.2, 0) is 14.8 Å². The van der Waals surface area contributed by atoms with E-state index in [9.17, 15) is 8.42 Å². The van der Waals surface area contributed by atoms with Crippen LogP contribution in [-0.4, -0.2) is 72.8 Å². The van der Waals surface area contributed by atoms with Crippen molar-refractivity contribution in [3.05, 3.63) is 79.3 Å². The molecule has 4 heterocycles. The summed E-state index contributed by atoms with van der Waals surface area (Å²) in [7, 11) is -2.31. The molecule has 2 fully saturated rings. The van der Waals surface area contributed by atoms with Gasteiger partial charge < -0.3 is 14.8 Å². The highest BCUT2D eigenvalue weighted by molar-refractivity contribution is 7.90. The molecule has 2 aromatic carbocycles. The first-order chi connectivity index (χ1) is 21.0. The molecule has 1 N–H and O–H groups in total. The van der Waals surface area contributed by atoms with Crippen LogP contribution < -0.4 is 10.1 Å². The van der Waals surface area contributed by atoms with Crippen LogP contribution >= 0.6 is 0 Å². The van der Waals surface area contributed by atoms with Gasteiger partial charge in [-0.05, 0) is 67.6 Å². The van der Waals surface area contributed by atoms with Crippen molar-refractivity contribution < 1.29 is 17.9 Å². The minimum atomic E-state index is -3.93.